The molecule has 0 spiro atoms. The van der Waals surface area contributed by atoms with Crippen LogP contribution in [0.4, 0.5) is 0 Å². The fourth-order valence-electron chi connectivity index (χ4n) is 2.97. The highest BCUT2D eigenvalue weighted by molar-refractivity contribution is 5.94. The van der Waals surface area contributed by atoms with Gasteiger partial charge in [-0.2, -0.15) is 0 Å². The molecule has 1 saturated heterocycles. The molecule has 1 aromatic heterocycles. The number of nitrogens with zero attached hydrogens (tertiary/aromatic N) is 2. The van der Waals surface area contributed by atoms with Gasteiger partial charge in [0.15, 0.2) is 0 Å². The van der Waals surface area contributed by atoms with Crippen molar-refractivity contribution in [2.24, 2.45) is 0 Å². The van der Waals surface area contributed by atoms with Crippen LogP contribution in [0.15, 0.2) is 54.9 Å². The van der Waals surface area contributed by atoms with Crippen LogP contribution in [-0.4, -0.2) is 34.9 Å². The van der Waals surface area contributed by atoms with Crippen molar-refractivity contribution in [3.8, 4) is 0 Å². The minimum atomic E-state index is -0.0124. The lowest BCUT2D eigenvalue weighted by Crippen LogP contribution is -2.37. The number of amides is 1. The molecule has 114 valence electrons. The number of likely N-dealkylation sites (tertiary alicyclic amines) is 1. The van der Waals surface area contributed by atoms with E-state index in [4.69, 9.17) is 0 Å². The predicted octanol–water partition coefficient (Wildman–Crippen LogP) is 2.65. The van der Waals surface area contributed by atoms with E-state index in [-0.39, 0.29) is 11.9 Å². The van der Waals surface area contributed by atoms with Gasteiger partial charge in [0, 0.05) is 43.1 Å². The van der Waals surface area contributed by atoms with E-state index in [2.05, 4.69) is 46.4 Å². The van der Waals surface area contributed by atoms with Gasteiger partial charge in [0.1, 0.15) is 0 Å². The maximum absolute atomic E-state index is 12.2. The lowest BCUT2D eigenvalue weighted by atomic mass is 10.1. The third kappa shape index (κ3) is 3.34. The topological polar surface area (TPSA) is 45.2 Å². The summed E-state index contributed by atoms with van der Waals surface area (Å²) < 4.78 is 0. The third-order valence-electron chi connectivity index (χ3n) is 4.33. The number of aromatic nitrogens is 1. The first kappa shape index (κ1) is 14.7. The van der Waals surface area contributed by atoms with Gasteiger partial charge in [-0.1, -0.05) is 30.3 Å². The number of pyridine rings is 1. The van der Waals surface area contributed by atoms with Gasteiger partial charge in [0.25, 0.3) is 5.91 Å². The van der Waals surface area contributed by atoms with Crippen molar-refractivity contribution < 1.29 is 4.79 Å². The van der Waals surface area contributed by atoms with E-state index < -0.39 is 0 Å². The number of hydrogen-bond donors (Lipinski definition) is 1. The smallest absolute Gasteiger partial charge is 0.251 e. The van der Waals surface area contributed by atoms with Gasteiger partial charge < -0.3 is 5.32 Å². The van der Waals surface area contributed by atoms with E-state index >= 15 is 0 Å². The Morgan fingerprint density at radius 3 is 2.68 bits per heavy atom. The third-order valence-corrected chi connectivity index (χ3v) is 4.33. The Balaban J connectivity index is 1.57. The minimum Gasteiger partial charge on any atom is -0.348 e. The fourth-order valence-corrected chi connectivity index (χ4v) is 2.97. The van der Waals surface area contributed by atoms with Gasteiger partial charge >= 0.3 is 0 Å². The molecule has 0 unspecified atom stereocenters. The summed E-state index contributed by atoms with van der Waals surface area (Å²) in [7, 11) is 0. The molecule has 0 bridgehead atoms. The van der Waals surface area contributed by atoms with Crippen molar-refractivity contribution >= 4 is 5.91 Å². The predicted molar refractivity (Wildman–Crippen MR) is 86.5 cm³/mol. The van der Waals surface area contributed by atoms with Crippen LogP contribution in [0.2, 0.25) is 0 Å². The first-order valence-electron chi connectivity index (χ1n) is 7.74. The normalized spacial score (nSPS) is 19.8. The molecule has 4 heteroatoms. The van der Waals surface area contributed by atoms with Gasteiger partial charge in [-0.05, 0) is 31.0 Å². The maximum atomic E-state index is 12.2. The second-order valence-corrected chi connectivity index (χ2v) is 5.78. The quantitative estimate of drug-likeness (QED) is 0.943. The van der Waals surface area contributed by atoms with E-state index in [0.29, 0.717) is 11.6 Å². The summed E-state index contributed by atoms with van der Waals surface area (Å²) >= 11 is 0. The minimum absolute atomic E-state index is 0.0124. The zero-order chi connectivity index (χ0) is 15.4. The van der Waals surface area contributed by atoms with E-state index in [1.165, 1.54) is 5.56 Å². The highest BCUT2D eigenvalue weighted by atomic mass is 16.1. The highest BCUT2D eigenvalue weighted by Crippen LogP contribution is 2.24. The van der Waals surface area contributed by atoms with Gasteiger partial charge in [-0.25, -0.2) is 0 Å². The highest BCUT2D eigenvalue weighted by Gasteiger charge is 2.27. The Hall–Kier alpha value is -2.20. The second kappa shape index (κ2) is 6.71. The van der Waals surface area contributed by atoms with Gasteiger partial charge in [0.2, 0.25) is 0 Å². The van der Waals surface area contributed by atoms with Gasteiger partial charge in [-0.15, -0.1) is 0 Å². The first-order valence-corrected chi connectivity index (χ1v) is 7.74. The molecule has 2 heterocycles. The van der Waals surface area contributed by atoms with Crippen molar-refractivity contribution in [2.45, 2.75) is 25.4 Å². The summed E-state index contributed by atoms with van der Waals surface area (Å²) in [5.41, 5.74) is 1.99. The van der Waals surface area contributed by atoms with Crippen LogP contribution in [0.3, 0.4) is 0 Å². The molecule has 2 aromatic rings. The Labute approximate surface area is 131 Å². The summed E-state index contributed by atoms with van der Waals surface area (Å²) in [6.45, 7) is 4.13. The van der Waals surface area contributed by atoms with Crippen LogP contribution in [0.1, 0.15) is 35.3 Å². The monoisotopic (exact) mass is 295 g/mol. The molecule has 1 fully saturated rings. The van der Waals surface area contributed by atoms with Crippen LogP contribution < -0.4 is 5.32 Å². The second-order valence-electron chi connectivity index (χ2n) is 5.78. The molecular weight excluding hydrogens is 274 g/mol. The molecule has 1 aliphatic heterocycles. The molecular formula is C18H21N3O. The van der Waals surface area contributed by atoms with Crippen molar-refractivity contribution in [1.82, 2.24) is 15.2 Å². The average molecular weight is 295 g/mol. The molecule has 0 aliphatic carbocycles. The van der Waals surface area contributed by atoms with Crippen molar-refractivity contribution in [3.05, 3.63) is 66.0 Å². The number of carbonyl (C=O) groups is 1. The van der Waals surface area contributed by atoms with E-state index in [1.54, 1.807) is 24.5 Å². The van der Waals surface area contributed by atoms with Gasteiger partial charge in [-0.3, -0.25) is 14.7 Å². The SMILES string of the molecule is C[C@@H](c1ccccc1)N1CC[C@@H](NC(=O)c2ccncc2)C1. The summed E-state index contributed by atoms with van der Waals surface area (Å²) in [5, 5.41) is 3.12. The average Bonchev–Trinajstić information content (AvgIpc) is 3.04. The Morgan fingerprint density at radius 1 is 1.23 bits per heavy atom. The maximum Gasteiger partial charge on any atom is 0.251 e. The summed E-state index contributed by atoms with van der Waals surface area (Å²) in [5.74, 6) is -0.0124. The lowest BCUT2D eigenvalue weighted by Gasteiger charge is -2.24. The van der Waals surface area contributed by atoms with E-state index in [1.807, 2.05) is 6.07 Å². The lowest BCUT2D eigenvalue weighted by molar-refractivity contribution is 0.0936. The standard InChI is InChI=1S/C18H21N3O/c1-14(15-5-3-2-4-6-15)21-12-9-17(13-21)20-18(22)16-7-10-19-11-8-16/h2-8,10-11,14,17H,9,12-13H2,1H3,(H,20,22)/t14-,17+/m0/s1. The van der Waals surface area contributed by atoms with Crippen molar-refractivity contribution in [2.75, 3.05) is 13.1 Å². The van der Waals surface area contributed by atoms with Crippen molar-refractivity contribution in [1.29, 1.82) is 0 Å². The van der Waals surface area contributed by atoms with Crippen LogP contribution in [0.5, 0.6) is 0 Å². The molecule has 1 amide bonds. The molecule has 1 aromatic carbocycles. The zero-order valence-electron chi connectivity index (χ0n) is 12.8. The van der Waals surface area contributed by atoms with Crippen LogP contribution in [0, 0.1) is 0 Å². The summed E-state index contributed by atoms with van der Waals surface area (Å²) in [6, 6.07) is 14.6. The number of carbonyl (C=O) groups excluding carboxylic acids is 1. The summed E-state index contributed by atoms with van der Waals surface area (Å²) in [6.07, 6.45) is 4.29. The van der Waals surface area contributed by atoms with Crippen LogP contribution in [-0.2, 0) is 0 Å². The molecule has 1 N–H and O–H groups in total. The van der Waals surface area contributed by atoms with E-state index in [9.17, 15) is 4.79 Å². The molecule has 2 atom stereocenters. The molecule has 4 nitrogen and oxygen atoms in total. The number of benzene rings is 1. The Bertz CT molecular complexity index is 615. The molecule has 0 radical (unpaired) electrons. The number of nitrogens with one attached hydrogen (secondary N) is 1. The zero-order valence-corrected chi connectivity index (χ0v) is 12.8. The van der Waals surface area contributed by atoms with Crippen LogP contribution >= 0.6 is 0 Å². The number of hydrogen-bond acceptors (Lipinski definition) is 3. The molecule has 1 aliphatic rings. The van der Waals surface area contributed by atoms with E-state index in [0.717, 1.165) is 19.5 Å². The summed E-state index contributed by atoms with van der Waals surface area (Å²) in [4.78, 5) is 18.6. The fraction of sp³-hybridized carbons (Fsp3) is 0.333. The molecule has 22 heavy (non-hydrogen) atoms. The van der Waals surface area contributed by atoms with Crippen molar-refractivity contribution in [3.63, 3.8) is 0 Å². The largest absolute Gasteiger partial charge is 0.348 e. The first-order chi connectivity index (χ1) is 10.7. The molecule has 0 saturated carbocycles. The number of rotatable bonds is 4. The Morgan fingerprint density at radius 2 is 1.95 bits per heavy atom. The van der Waals surface area contributed by atoms with Gasteiger partial charge in [0.05, 0.1) is 0 Å². The molecule has 3 rings (SSSR count). The Kier molecular flexibility index (Phi) is 4.49. The van der Waals surface area contributed by atoms with Crippen LogP contribution in [0.25, 0.3) is 0 Å².